The lowest BCUT2D eigenvalue weighted by Gasteiger charge is -2.32. The van der Waals surface area contributed by atoms with Crippen LogP contribution in [0.2, 0.25) is 0 Å². The third kappa shape index (κ3) is 4.31. The van der Waals surface area contributed by atoms with Crippen molar-refractivity contribution in [3.8, 4) is 0 Å². The predicted molar refractivity (Wildman–Crippen MR) is 111 cm³/mol. The highest BCUT2D eigenvalue weighted by atomic mass is 19.4. The van der Waals surface area contributed by atoms with Crippen molar-refractivity contribution in [2.75, 3.05) is 23.3 Å². The van der Waals surface area contributed by atoms with E-state index in [1.807, 2.05) is 0 Å². The SMILES string of the molecule is CCc1nc2cnc(Nc3ccnc(N4CCC(O)C(F)C4)n3)cc2n1C(C)C(F)(F)F. The number of nitrogens with one attached hydrogen (secondary N) is 1. The van der Waals surface area contributed by atoms with Gasteiger partial charge in [0.1, 0.15) is 35.2 Å². The van der Waals surface area contributed by atoms with Crippen LogP contribution in [-0.4, -0.2) is 61.2 Å². The normalized spacial score (nSPS) is 20.5. The second kappa shape index (κ2) is 8.49. The summed E-state index contributed by atoms with van der Waals surface area (Å²) >= 11 is 0. The molecule has 4 rings (SSSR count). The highest BCUT2D eigenvalue weighted by Crippen LogP contribution is 2.34. The van der Waals surface area contributed by atoms with Gasteiger partial charge in [0, 0.05) is 25.2 Å². The zero-order valence-electron chi connectivity index (χ0n) is 17.5. The number of pyridine rings is 1. The van der Waals surface area contributed by atoms with Crippen LogP contribution in [0.3, 0.4) is 0 Å². The number of halogens is 4. The van der Waals surface area contributed by atoms with Crippen molar-refractivity contribution >= 4 is 28.6 Å². The number of aliphatic hydroxyl groups excluding tert-OH is 1. The summed E-state index contributed by atoms with van der Waals surface area (Å²) in [6.45, 7) is 3.22. The molecule has 1 fully saturated rings. The Kier molecular flexibility index (Phi) is 5.89. The number of aryl methyl sites for hydroxylation is 1. The minimum atomic E-state index is -4.42. The highest BCUT2D eigenvalue weighted by Gasteiger charge is 2.39. The van der Waals surface area contributed by atoms with Gasteiger partial charge in [0.2, 0.25) is 5.95 Å². The van der Waals surface area contributed by atoms with Gasteiger partial charge in [-0.3, -0.25) is 0 Å². The number of aromatic nitrogens is 5. The fraction of sp³-hybridized carbons (Fsp3) is 0.500. The summed E-state index contributed by atoms with van der Waals surface area (Å²) in [6.07, 6.45) is -3.30. The van der Waals surface area contributed by atoms with Crippen molar-refractivity contribution < 1.29 is 22.7 Å². The number of imidazole rings is 1. The molecule has 0 aromatic carbocycles. The lowest BCUT2D eigenvalue weighted by Crippen LogP contribution is -2.45. The number of piperidine rings is 1. The van der Waals surface area contributed by atoms with Gasteiger partial charge in [0.05, 0.1) is 24.4 Å². The maximum Gasteiger partial charge on any atom is 0.408 e. The van der Waals surface area contributed by atoms with Crippen molar-refractivity contribution in [3.05, 3.63) is 30.4 Å². The maximum absolute atomic E-state index is 13.9. The Bertz CT molecular complexity index is 1100. The first kappa shape index (κ1) is 22.2. The van der Waals surface area contributed by atoms with E-state index < -0.39 is 24.5 Å². The van der Waals surface area contributed by atoms with Gasteiger partial charge in [-0.1, -0.05) is 6.92 Å². The molecule has 1 aliphatic heterocycles. The first-order valence-corrected chi connectivity index (χ1v) is 10.3. The van der Waals surface area contributed by atoms with E-state index in [-0.39, 0.29) is 24.7 Å². The highest BCUT2D eigenvalue weighted by molar-refractivity contribution is 5.79. The van der Waals surface area contributed by atoms with Crippen LogP contribution in [0.1, 0.15) is 32.1 Å². The van der Waals surface area contributed by atoms with Crippen LogP contribution in [0.5, 0.6) is 0 Å². The Morgan fingerprint density at radius 3 is 2.72 bits per heavy atom. The summed E-state index contributed by atoms with van der Waals surface area (Å²) < 4.78 is 55.3. The smallest absolute Gasteiger partial charge is 0.390 e. The number of fused-ring (bicyclic) bond motifs is 1. The van der Waals surface area contributed by atoms with Crippen LogP contribution in [0.15, 0.2) is 24.5 Å². The molecule has 1 saturated heterocycles. The van der Waals surface area contributed by atoms with Crippen molar-refractivity contribution in [2.45, 2.75) is 51.2 Å². The Balaban J connectivity index is 1.63. The van der Waals surface area contributed by atoms with E-state index in [4.69, 9.17) is 0 Å². The summed E-state index contributed by atoms with van der Waals surface area (Å²) in [5.41, 5.74) is 0.677. The van der Waals surface area contributed by atoms with Gasteiger partial charge in [-0.05, 0) is 19.4 Å². The topological polar surface area (TPSA) is 92.0 Å². The largest absolute Gasteiger partial charge is 0.408 e. The molecule has 172 valence electrons. The van der Waals surface area contributed by atoms with Crippen LogP contribution in [0.25, 0.3) is 11.0 Å². The molecule has 4 heterocycles. The molecule has 0 bridgehead atoms. The molecule has 3 aromatic rings. The molecule has 0 radical (unpaired) electrons. The standard InChI is InChI=1S/C20H23F4N7O/c1-3-18-27-13-9-26-17(8-14(13)31(18)11(2)20(22,23)24)28-16-4-6-25-19(29-16)30-7-5-15(32)12(21)10-30/h4,6,8-9,11-12,15,32H,3,5,7,10H2,1-2H3,(H,25,26,28,29). The molecule has 0 amide bonds. The van der Waals surface area contributed by atoms with E-state index >= 15 is 0 Å². The van der Waals surface area contributed by atoms with Crippen molar-refractivity contribution in [3.63, 3.8) is 0 Å². The van der Waals surface area contributed by atoms with Gasteiger partial charge in [0.15, 0.2) is 0 Å². The zero-order valence-corrected chi connectivity index (χ0v) is 17.5. The van der Waals surface area contributed by atoms with E-state index in [0.29, 0.717) is 35.6 Å². The van der Waals surface area contributed by atoms with Gasteiger partial charge in [-0.15, -0.1) is 0 Å². The van der Waals surface area contributed by atoms with Gasteiger partial charge < -0.3 is 19.9 Å². The Morgan fingerprint density at radius 1 is 1.25 bits per heavy atom. The van der Waals surface area contributed by atoms with Crippen LogP contribution in [0, 0.1) is 0 Å². The van der Waals surface area contributed by atoms with E-state index in [2.05, 4.69) is 25.3 Å². The average molecular weight is 453 g/mol. The fourth-order valence-electron chi connectivity index (χ4n) is 3.72. The molecular formula is C20H23F4N7O. The molecule has 0 saturated carbocycles. The number of hydrogen-bond donors (Lipinski definition) is 2. The Hall–Kier alpha value is -3.02. The average Bonchev–Trinajstić information content (AvgIpc) is 3.12. The zero-order chi connectivity index (χ0) is 23.0. The fourth-order valence-corrected chi connectivity index (χ4v) is 3.72. The predicted octanol–water partition coefficient (Wildman–Crippen LogP) is 3.56. The summed E-state index contributed by atoms with van der Waals surface area (Å²) in [5.74, 6) is 1.25. The summed E-state index contributed by atoms with van der Waals surface area (Å²) in [6, 6.07) is 1.33. The van der Waals surface area contributed by atoms with Crippen molar-refractivity contribution in [2.24, 2.45) is 0 Å². The summed E-state index contributed by atoms with van der Waals surface area (Å²) in [4.78, 5) is 18.7. The number of aliphatic hydroxyl groups is 1. The van der Waals surface area contributed by atoms with Gasteiger partial charge in [-0.2, -0.15) is 18.2 Å². The van der Waals surface area contributed by atoms with E-state index in [0.717, 1.165) is 6.92 Å². The van der Waals surface area contributed by atoms with Crippen LogP contribution in [-0.2, 0) is 6.42 Å². The molecule has 12 heteroatoms. The summed E-state index contributed by atoms with van der Waals surface area (Å²) in [5, 5.41) is 12.5. The summed E-state index contributed by atoms with van der Waals surface area (Å²) in [7, 11) is 0. The van der Waals surface area contributed by atoms with Gasteiger partial charge in [0.25, 0.3) is 0 Å². The second-order valence-corrected chi connectivity index (χ2v) is 7.71. The van der Waals surface area contributed by atoms with Crippen molar-refractivity contribution in [1.29, 1.82) is 0 Å². The van der Waals surface area contributed by atoms with Crippen molar-refractivity contribution in [1.82, 2.24) is 24.5 Å². The van der Waals surface area contributed by atoms with Gasteiger partial charge in [-0.25, -0.2) is 19.3 Å². The Labute approximate surface area is 181 Å². The Morgan fingerprint density at radius 2 is 2.03 bits per heavy atom. The van der Waals surface area contributed by atoms with E-state index in [9.17, 15) is 22.7 Å². The van der Waals surface area contributed by atoms with E-state index in [1.54, 1.807) is 17.9 Å². The van der Waals surface area contributed by atoms with Crippen LogP contribution < -0.4 is 10.2 Å². The monoisotopic (exact) mass is 453 g/mol. The van der Waals surface area contributed by atoms with Gasteiger partial charge >= 0.3 is 6.18 Å². The molecule has 3 unspecified atom stereocenters. The molecule has 3 aromatic heterocycles. The molecular weight excluding hydrogens is 430 g/mol. The second-order valence-electron chi connectivity index (χ2n) is 7.71. The first-order valence-electron chi connectivity index (χ1n) is 10.3. The number of hydrogen-bond acceptors (Lipinski definition) is 7. The minimum Gasteiger partial charge on any atom is -0.390 e. The number of rotatable bonds is 5. The molecule has 3 atom stereocenters. The third-order valence-electron chi connectivity index (χ3n) is 5.52. The first-order chi connectivity index (χ1) is 15.2. The third-order valence-corrected chi connectivity index (χ3v) is 5.52. The maximum atomic E-state index is 13.9. The molecule has 2 N–H and O–H groups in total. The molecule has 8 nitrogen and oxygen atoms in total. The molecule has 0 spiro atoms. The van der Waals surface area contributed by atoms with Crippen LogP contribution in [0.4, 0.5) is 35.1 Å². The minimum absolute atomic E-state index is 0.0247. The molecule has 32 heavy (non-hydrogen) atoms. The van der Waals surface area contributed by atoms with Crippen LogP contribution >= 0.6 is 0 Å². The number of nitrogens with zero attached hydrogens (tertiary/aromatic N) is 6. The lowest BCUT2D eigenvalue weighted by molar-refractivity contribution is -0.162. The number of anilines is 3. The van der Waals surface area contributed by atoms with E-state index in [1.165, 1.54) is 23.0 Å². The quantitative estimate of drug-likeness (QED) is 0.571. The number of alkyl halides is 4. The molecule has 0 aliphatic carbocycles. The lowest BCUT2D eigenvalue weighted by atomic mass is 10.1. The molecule has 1 aliphatic rings.